The largest absolute Gasteiger partial charge is 0.376 e. The Balaban J connectivity index is 1.71. The molecular formula is C14H24N4O. The molecule has 1 aliphatic heterocycles. The van der Waals surface area contributed by atoms with Crippen molar-refractivity contribution < 1.29 is 4.74 Å². The van der Waals surface area contributed by atoms with Crippen LogP contribution in [0, 0.1) is 6.92 Å². The van der Waals surface area contributed by atoms with Crippen LogP contribution in [-0.2, 0) is 11.2 Å². The highest BCUT2D eigenvalue weighted by molar-refractivity contribution is 5.35. The van der Waals surface area contributed by atoms with Crippen LogP contribution in [0.4, 0.5) is 5.82 Å². The highest BCUT2D eigenvalue weighted by Gasteiger charge is 2.12. The van der Waals surface area contributed by atoms with Crippen LogP contribution in [0.1, 0.15) is 31.3 Å². The van der Waals surface area contributed by atoms with Crippen LogP contribution in [0.5, 0.6) is 0 Å². The summed E-state index contributed by atoms with van der Waals surface area (Å²) < 4.78 is 5.85. The topological polar surface area (TPSA) is 59.1 Å². The summed E-state index contributed by atoms with van der Waals surface area (Å²) in [5.41, 5.74) is 1.08. The summed E-state index contributed by atoms with van der Waals surface area (Å²) >= 11 is 0. The summed E-state index contributed by atoms with van der Waals surface area (Å²) in [4.78, 5) is 8.74. The molecule has 1 fully saturated rings. The predicted octanol–water partition coefficient (Wildman–Crippen LogP) is 1.53. The van der Waals surface area contributed by atoms with Gasteiger partial charge in [0.2, 0.25) is 0 Å². The van der Waals surface area contributed by atoms with Gasteiger partial charge >= 0.3 is 0 Å². The summed E-state index contributed by atoms with van der Waals surface area (Å²) in [5.74, 6) is 1.72. The van der Waals surface area contributed by atoms with E-state index in [9.17, 15) is 0 Å². The molecule has 0 atom stereocenters. The molecule has 5 nitrogen and oxygen atoms in total. The highest BCUT2D eigenvalue weighted by atomic mass is 16.5. The molecule has 0 radical (unpaired) electrons. The molecule has 0 saturated carbocycles. The van der Waals surface area contributed by atoms with Gasteiger partial charge in [-0.15, -0.1) is 0 Å². The second-order valence-electron chi connectivity index (χ2n) is 4.89. The molecule has 0 unspecified atom stereocenters. The fraction of sp³-hybridized carbons (Fsp3) is 0.714. The zero-order valence-corrected chi connectivity index (χ0v) is 11.9. The maximum atomic E-state index is 5.85. The Bertz CT molecular complexity index is 391. The van der Waals surface area contributed by atoms with Crippen molar-refractivity contribution in [3.05, 3.63) is 17.6 Å². The van der Waals surface area contributed by atoms with Crippen LogP contribution in [0.3, 0.4) is 0 Å². The van der Waals surface area contributed by atoms with Crippen LogP contribution in [-0.4, -0.2) is 42.3 Å². The second-order valence-corrected chi connectivity index (χ2v) is 4.89. The number of aromatic nitrogens is 2. The Kier molecular flexibility index (Phi) is 5.54. The molecule has 2 N–H and O–H groups in total. The fourth-order valence-electron chi connectivity index (χ4n) is 2.27. The molecule has 5 heteroatoms. The van der Waals surface area contributed by atoms with E-state index in [1.165, 1.54) is 0 Å². The number of nitrogens with one attached hydrogen (secondary N) is 2. The molecular weight excluding hydrogens is 240 g/mol. The first-order valence-electron chi connectivity index (χ1n) is 7.18. The molecule has 1 aromatic rings. The average Bonchev–Trinajstić information content (AvgIpc) is 2.44. The van der Waals surface area contributed by atoms with E-state index in [0.29, 0.717) is 6.10 Å². The Morgan fingerprint density at radius 1 is 1.37 bits per heavy atom. The van der Waals surface area contributed by atoms with Crippen molar-refractivity contribution in [2.45, 2.75) is 39.2 Å². The van der Waals surface area contributed by atoms with Gasteiger partial charge in [0.05, 0.1) is 12.7 Å². The van der Waals surface area contributed by atoms with Gasteiger partial charge in [-0.25, -0.2) is 9.97 Å². The van der Waals surface area contributed by atoms with Gasteiger partial charge in [-0.3, -0.25) is 0 Å². The minimum Gasteiger partial charge on any atom is -0.376 e. The van der Waals surface area contributed by atoms with Crippen molar-refractivity contribution in [2.24, 2.45) is 0 Å². The Hall–Kier alpha value is -1.20. The lowest BCUT2D eigenvalue weighted by Gasteiger charge is -2.23. The van der Waals surface area contributed by atoms with Gasteiger partial charge in [0, 0.05) is 18.3 Å². The van der Waals surface area contributed by atoms with Crippen LogP contribution in [0.25, 0.3) is 0 Å². The summed E-state index contributed by atoms with van der Waals surface area (Å²) in [6.07, 6.45) is 3.59. The molecule has 2 heterocycles. The molecule has 0 aromatic carbocycles. The summed E-state index contributed by atoms with van der Waals surface area (Å²) in [5, 5.41) is 6.65. The standard InChI is InChI=1S/C14H24N4O/c1-3-12-10-14(18-11(2)17-12)16-8-9-19-13-4-6-15-7-5-13/h10,13,15H,3-9H2,1-2H3,(H,16,17,18). The van der Waals surface area contributed by atoms with Gasteiger partial charge in [0.15, 0.2) is 0 Å². The molecule has 1 saturated heterocycles. The summed E-state index contributed by atoms with van der Waals surface area (Å²) in [6, 6.07) is 2.01. The Labute approximate surface area is 115 Å². The quantitative estimate of drug-likeness (QED) is 0.763. The van der Waals surface area contributed by atoms with Crippen LogP contribution < -0.4 is 10.6 Å². The van der Waals surface area contributed by atoms with E-state index in [4.69, 9.17) is 4.74 Å². The molecule has 0 amide bonds. The third kappa shape index (κ3) is 4.76. The van der Waals surface area contributed by atoms with E-state index in [1.807, 2.05) is 13.0 Å². The second kappa shape index (κ2) is 7.40. The highest BCUT2D eigenvalue weighted by Crippen LogP contribution is 2.08. The molecule has 1 aromatic heterocycles. The molecule has 0 bridgehead atoms. The van der Waals surface area contributed by atoms with Crippen LogP contribution in [0.15, 0.2) is 6.07 Å². The Morgan fingerprint density at radius 3 is 2.89 bits per heavy atom. The van der Waals surface area contributed by atoms with Crippen molar-refractivity contribution in [3.8, 4) is 0 Å². The van der Waals surface area contributed by atoms with Gasteiger partial charge in [0.1, 0.15) is 11.6 Å². The summed E-state index contributed by atoms with van der Waals surface area (Å²) in [6.45, 7) is 7.70. The van der Waals surface area contributed by atoms with Gasteiger partial charge in [-0.1, -0.05) is 6.92 Å². The average molecular weight is 264 g/mol. The lowest BCUT2D eigenvalue weighted by atomic mass is 10.1. The first-order valence-corrected chi connectivity index (χ1v) is 7.18. The molecule has 0 spiro atoms. The maximum Gasteiger partial charge on any atom is 0.130 e. The van der Waals surface area contributed by atoms with Gasteiger partial charge in [-0.05, 0) is 39.3 Å². The number of rotatable bonds is 6. The number of ether oxygens (including phenoxy) is 1. The molecule has 106 valence electrons. The smallest absolute Gasteiger partial charge is 0.130 e. The number of nitrogens with zero attached hydrogens (tertiary/aromatic N) is 2. The molecule has 1 aliphatic rings. The number of anilines is 1. The SMILES string of the molecule is CCc1cc(NCCOC2CCNCC2)nc(C)n1. The van der Waals surface area contributed by atoms with Crippen molar-refractivity contribution in [2.75, 3.05) is 31.6 Å². The van der Waals surface area contributed by atoms with Crippen molar-refractivity contribution in [3.63, 3.8) is 0 Å². The van der Waals surface area contributed by atoms with E-state index in [2.05, 4.69) is 27.5 Å². The van der Waals surface area contributed by atoms with Gasteiger partial charge < -0.3 is 15.4 Å². The summed E-state index contributed by atoms with van der Waals surface area (Å²) in [7, 11) is 0. The lowest BCUT2D eigenvalue weighted by Crippen LogP contribution is -2.33. The number of hydrogen-bond donors (Lipinski definition) is 2. The fourth-order valence-corrected chi connectivity index (χ4v) is 2.27. The monoisotopic (exact) mass is 264 g/mol. The third-order valence-electron chi connectivity index (χ3n) is 3.30. The first-order chi connectivity index (χ1) is 9.28. The van der Waals surface area contributed by atoms with E-state index in [0.717, 1.165) is 62.8 Å². The van der Waals surface area contributed by atoms with Gasteiger partial charge in [-0.2, -0.15) is 0 Å². The van der Waals surface area contributed by atoms with E-state index in [-0.39, 0.29) is 0 Å². The maximum absolute atomic E-state index is 5.85. The van der Waals surface area contributed by atoms with E-state index in [1.54, 1.807) is 0 Å². The minimum atomic E-state index is 0.418. The van der Waals surface area contributed by atoms with Crippen molar-refractivity contribution >= 4 is 5.82 Å². The predicted molar refractivity (Wildman–Crippen MR) is 76.5 cm³/mol. The normalized spacial score (nSPS) is 16.5. The first kappa shape index (κ1) is 14.2. The zero-order valence-electron chi connectivity index (χ0n) is 11.9. The van der Waals surface area contributed by atoms with Crippen molar-refractivity contribution in [1.29, 1.82) is 0 Å². The molecule has 2 rings (SSSR count). The number of hydrogen-bond acceptors (Lipinski definition) is 5. The Morgan fingerprint density at radius 2 is 2.16 bits per heavy atom. The number of piperidine rings is 1. The molecule has 0 aliphatic carbocycles. The lowest BCUT2D eigenvalue weighted by molar-refractivity contribution is 0.0394. The van der Waals surface area contributed by atoms with Gasteiger partial charge in [0.25, 0.3) is 0 Å². The zero-order chi connectivity index (χ0) is 13.5. The third-order valence-corrected chi connectivity index (χ3v) is 3.30. The van der Waals surface area contributed by atoms with Crippen LogP contribution in [0.2, 0.25) is 0 Å². The minimum absolute atomic E-state index is 0.418. The van der Waals surface area contributed by atoms with Crippen LogP contribution >= 0.6 is 0 Å². The van der Waals surface area contributed by atoms with E-state index >= 15 is 0 Å². The van der Waals surface area contributed by atoms with Crippen molar-refractivity contribution in [1.82, 2.24) is 15.3 Å². The number of aryl methyl sites for hydroxylation is 2. The molecule has 19 heavy (non-hydrogen) atoms. The van der Waals surface area contributed by atoms with E-state index < -0.39 is 0 Å².